The van der Waals surface area contributed by atoms with Crippen molar-refractivity contribution in [3.63, 3.8) is 0 Å². The maximum absolute atomic E-state index is 13.0. The second kappa shape index (κ2) is 9.00. The van der Waals surface area contributed by atoms with E-state index < -0.39 is 29.6 Å². The predicted octanol–water partition coefficient (Wildman–Crippen LogP) is 3.25. The van der Waals surface area contributed by atoms with Crippen molar-refractivity contribution in [3.05, 3.63) is 59.7 Å². The summed E-state index contributed by atoms with van der Waals surface area (Å²) in [4.78, 5) is 38.6. The van der Waals surface area contributed by atoms with Gasteiger partial charge in [-0.05, 0) is 28.7 Å². The van der Waals surface area contributed by atoms with Gasteiger partial charge in [0.15, 0.2) is 0 Å². The zero-order chi connectivity index (χ0) is 24.7. The average molecular weight is 479 g/mol. The van der Waals surface area contributed by atoms with Gasteiger partial charge in [0, 0.05) is 36.9 Å². The van der Waals surface area contributed by atoms with E-state index in [2.05, 4.69) is 29.6 Å². The van der Waals surface area contributed by atoms with Crippen molar-refractivity contribution in [2.24, 2.45) is 11.3 Å². The van der Waals surface area contributed by atoms with Crippen LogP contribution in [0.5, 0.6) is 0 Å². The van der Waals surface area contributed by atoms with E-state index in [1.165, 1.54) is 4.90 Å². The number of rotatable bonds is 6. The predicted molar refractivity (Wildman–Crippen MR) is 128 cm³/mol. The Balaban J connectivity index is 1.17. The third kappa shape index (κ3) is 4.16. The molecule has 0 saturated carbocycles. The van der Waals surface area contributed by atoms with Gasteiger partial charge < -0.3 is 24.8 Å². The fraction of sp³-hybridized carbons (Fsp3) is 0.444. The number of likely N-dealkylation sites (tertiary alicyclic amines) is 1. The summed E-state index contributed by atoms with van der Waals surface area (Å²) in [6, 6.07) is 15.4. The number of benzene rings is 2. The van der Waals surface area contributed by atoms with Crippen LogP contribution in [0.15, 0.2) is 48.5 Å². The Morgan fingerprint density at radius 3 is 2.31 bits per heavy atom. The van der Waals surface area contributed by atoms with Crippen LogP contribution in [0.1, 0.15) is 37.3 Å². The Morgan fingerprint density at radius 2 is 1.71 bits per heavy atom. The molecule has 184 valence electrons. The number of carboxylic acids is 1. The molecule has 2 heterocycles. The molecule has 2 aromatic rings. The molecule has 0 spiro atoms. The topological polar surface area (TPSA) is 105 Å². The first-order valence-electron chi connectivity index (χ1n) is 12.0. The number of ether oxygens (including phenoxy) is 2. The molecule has 2 amide bonds. The van der Waals surface area contributed by atoms with Crippen molar-refractivity contribution in [2.45, 2.75) is 38.3 Å². The Labute approximate surface area is 204 Å². The van der Waals surface area contributed by atoms with E-state index in [4.69, 9.17) is 9.47 Å². The lowest BCUT2D eigenvalue weighted by atomic mass is 9.74. The molecule has 2 aliphatic heterocycles. The highest BCUT2D eigenvalue weighted by atomic mass is 16.5. The van der Waals surface area contributed by atoms with E-state index in [1.807, 2.05) is 38.1 Å². The molecular formula is C27H30N2O6. The maximum atomic E-state index is 13.0. The largest absolute Gasteiger partial charge is 0.480 e. The van der Waals surface area contributed by atoms with Gasteiger partial charge in [0.25, 0.3) is 5.91 Å². The number of nitrogens with one attached hydrogen (secondary N) is 1. The quantitative estimate of drug-likeness (QED) is 0.660. The molecule has 8 heteroatoms. The number of hydrogen-bond donors (Lipinski definition) is 2. The van der Waals surface area contributed by atoms with Gasteiger partial charge in [-0.1, -0.05) is 62.4 Å². The van der Waals surface area contributed by atoms with E-state index >= 15 is 0 Å². The first kappa shape index (κ1) is 23.4. The normalized spacial score (nSPS) is 24.3. The molecule has 8 nitrogen and oxygen atoms in total. The number of aliphatic carboxylic acids is 1. The third-order valence-corrected chi connectivity index (χ3v) is 7.46. The Hall–Kier alpha value is -3.39. The summed E-state index contributed by atoms with van der Waals surface area (Å²) in [6.45, 7) is 4.87. The Kier molecular flexibility index (Phi) is 6.01. The zero-order valence-corrected chi connectivity index (χ0v) is 19.9. The number of nitrogens with zero attached hydrogens (tertiary/aromatic N) is 1. The molecule has 2 N–H and O–H groups in total. The molecule has 0 bridgehead atoms. The van der Waals surface area contributed by atoms with Crippen molar-refractivity contribution in [1.29, 1.82) is 0 Å². The van der Waals surface area contributed by atoms with Crippen molar-refractivity contribution in [2.75, 3.05) is 26.3 Å². The minimum absolute atomic E-state index is 0.0278. The summed E-state index contributed by atoms with van der Waals surface area (Å²) in [5, 5.41) is 12.3. The number of carboxylic acid groups (broad SMARTS) is 1. The summed E-state index contributed by atoms with van der Waals surface area (Å²) in [6.07, 6.45) is -0.699. The van der Waals surface area contributed by atoms with E-state index in [0.29, 0.717) is 19.6 Å². The fourth-order valence-electron chi connectivity index (χ4n) is 5.74. The van der Waals surface area contributed by atoms with Gasteiger partial charge in [-0.3, -0.25) is 4.79 Å². The molecule has 5 rings (SSSR count). The molecule has 0 radical (unpaired) electrons. The number of amides is 2. The van der Waals surface area contributed by atoms with Gasteiger partial charge in [0.1, 0.15) is 18.8 Å². The molecule has 35 heavy (non-hydrogen) atoms. The van der Waals surface area contributed by atoms with Crippen LogP contribution in [-0.2, 0) is 19.1 Å². The lowest BCUT2D eigenvalue weighted by Crippen LogP contribution is -2.69. The second-order valence-electron chi connectivity index (χ2n) is 10.2. The van der Waals surface area contributed by atoms with Crippen LogP contribution in [0, 0.1) is 11.3 Å². The Bertz CT molecular complexity index is 1120. The van der Waals surface area contributed by atoms with Crippen LogP contribution in [0.3, 0.4) is 0 Å². The first-order valence-corrected chi connectivity index (χ1v) is 12.0. The minimum Gasteiger partial charge on any atom is -0.480 e. The first-order chi connectivity index (χ1) is 16.8. The van der Waals surface area contributed by atoms with E-state index in [-0.39, 0.29) is 30.9 Å². The minimum atomic E-state index is -1.01. The SMILES string of the molecule is CC1(C)CN(C(=O)[C@H]2OCC[C@H]2CNC(=O)OCC2c3ccccc3-c3ccccc32)C1C(=O)O. The summed E-state index contributed by atoms with van der Waals surface area (Å²) in [5.41, 5.74) is 4.13. The van der Waals surface area contributed by atoms with Crippen LogP contribution in [0.25, 0.3) is 11.1 Å². The highest BCUT2D eigenvalue weighted by Crippen LogP contribution is 2.44. The summed E-state index contributed by atoms with van der Waals surface area (Å²) in [7, 11) is 0. The molecule has 0 aromatic heterocycles. The number of alkyl carbamates (subject to hydrolysis) is 1. The summed E-state index contributed by atoms with van der Waals surface area (Å²) in [5.74, 6) is -1.60. The molecule has 2 fully saturated rings. The number of fused-ring (bicyclic) bond motifs is 3. The summed E-state index contributed by atoms with van der Waals surface area (Å²) < 4.78 is 11.2. The summed E-state index contributed by atoms with van der Waals surface area (Å²) >= 11 is 0. The van der Waals surface area contributed by atoms with E-state index in [0.717, 1.165) is 22.3 Å². The van der Waals surface area contributed by atoms with Crippen LogP contribution < -0.4 is 5.32 Å². The van der Waals surface area contributed by atoms with Gasteiger partial charge in [-0.15, -0.1) is 0 Å². The number of carbonyl (C=O) groups is 3. The van der Waals surface area contributed by atoms with Gasteiger partial charge in [0.05, 0.1) is 0 Å². The fourth-order valence-corrected chi connectivity index (χ4v) is 5.74. The van der Waals surface area contributed by atoms with Crippen LogP contribution >= 0.6 is 0 Å². The molecule has 3 atom stereocenters. The lowest BCUT2D eigenvalue weighted by Gasteiger charge is -2.52. The van der Waals surface area contributed by atoms with Crippen LogP contribution in [0.2, 0.25) is 0 Å². The highest BCUT2D eigenvalue weighted by Gasteiger charge is 2.54. The molecule has 3 aliphatic rings. The van der Waals surface area contributed by atoms with Crippen molar-refractivity contribution in [1.82, 2.24) is 10.2 Å². The van der Waals surface area contributed by atoms with Crippen LogP contribution in [0.4, 0.5) is 4.79 Å². The standard InChI is InChI=1S/C27H30N2O6/c1-27(2)15-29(23(27)25(31)32)24(30)22-16(11-12-34-22)13-28-26(33)35-14-21-19-9-5-3-7-17(19)18-8-4-6-10-20(18)21/h3-10,16,21-23H,11-15H2,1-2H3,(H,28,33)(H,31,32)/t16-,22-,23?/m0/s1. The van der Waals surface area contributed by atoms with Gasteiger partial charge in [-0.25, -0.2) is 9.59 Å². The van der Waals surface area contributed by atoms with Crippen molar-refractivity contribution < 1.29 is 29.0 Å². The molecule has 2 saturated heterocycles. The monoisotopic (exact) mass is 478 g/mol. The second-order valence-corrected chi connectivity index (χ2v) is 10.2. The molecule has 1 aliphatic carbocycles. The smallest absolute Gasteiger partial charge is 0.407 e. The molecule has 1 unspecified atom stereocenters. The lowest BCUT2D eigenvalue weighted by molar-refractivity contribution is -0.177. The number of hydrogen-bond acceptors (Lipinski definition) is 5. The van der Waals surface area contributed by atoms with E-state index in [9.17, 15) is 19.5 Å². The average Bonchev–Trinajstić information content (AvgIpc) is 3.42. The maximum Gasteiger partial charge on any atom is 0.407 e. The third-order valence-electron chi connectivity index (χ3n) is 7.46. The Morgan fingerprint density at radius 1 is 1.09 bits per heavy atom. The van der Waals surface area contributed by atoms with Gasteiger partial charge >= 0.3 is 12.1 Å². The molecule has 2 aromatic carbocycles. The number of carbonyl (C=O) groups excluding carboxylic acids is 2. The zero-order valence-electron chi connectivity index (χ0n) is 19.9. The van der Waals surface area contributed by atoms with Gasteiger partial charge in [0.2, 0.25) is 0 Å². The highest BCUT2D eigenvalue weighted by molar-refractivity contribution is 5.89. The van der Waals surface area contributed by atoms with Gasteiger partial charge in [-0.2, -0.15) is 0 Å². The van der Waals surface area contributed by atoms with Crippen molar-refractivity contribution in [3.8, 4) is 11.1 Å². The molecular weight excluding hydrogens is 448 g/mol. The van der Waals surface area contributed by atoms with Crippen molar-refractivity contribution >= 4 is 18.0 Å². The van der Waals surface area contributed by atoms with E-state index in [1.54, 1.807) is 0 Å². The van der Waals surface area contributed by atoms with Crippen LogP contribution in [-0.4, -0.2) is 66.4 Å².